The van der Waals surface area contributed by atoms with E-state index in [4.69, 9.17) is 19.5 Å². The van der Waals surface area contributed by atoms with Crippen molar-refractivity contribution in [3.8, 4) is 17.6 Å². The van der Waals surface area contributed by atoms with Crippen molar-refractivity contribution in [2.75, 3.05) is 26.1 Å². The smallest absolute Gasteiger partial charge is 0.338 e. The number of nitriles is 1. The fourth-order valence-electron chi connectivity index (χ4n) is 1.98. The van der Waals surface area contributed by atoms with Crippen molar-refractivity contribution >= 4 is 17.6 Å². The van der Waals surface area contributed by atoms with Gasteiger partial charge in [0.2, 0.25) is 0 Å². The van der Waals surface area contributed by atoms with Crippen LogP contribution in [0.4, 0.5) is 5.69 Å². The van der Waals surface area contributed by atoms with Crippen LogP contribution in [0.25, 0.3) is 0 Å². The van der Waals surface area contributed by atoms with E-state index in [1.165, 1.54) is 38.5 Å². The van der Waals surface area contributed by atoms with Crippen LogP contribution >= 0.6 is 0 Å². The summed E-state index contributed by atoms with van der Waals surface area (Å²) in [5.41, 5.74) is 1.12. The van der Waals surface area contributed by atoms with Crippen LogP contribution in [-0.2, 0) is 9.53 Å². The largest absolute Gasteiger partial charge is 0.497 e. The lowest BCUT2D eigenvalue weighted by Gasteiger charge is -2.11. The molecule has 0 unspecified atom stereocenters. The summed E-state index contributed by atoms with van der Waals surface area (Å²) in [5.74, 6) is -0.153. The number of amides is 1. The summed E-state index contributed by atoms with van der Waals surface area (Å²) >= 11 is 0. The maximum atomic E-state index is 12.0. The SMILES string of the molecule is COc1ccc(NC(=O)COC(=O)c2ccc(C#N)cc2)c(OC)c1. The van der Waals surface area contributed by atoms with E-state index in [2.05, 4.69) is 5.32 Å². The molecule has 1 amide bonds. The highest BCUT2D eigenvalue weighted by Gasteiger charge is 2.12. The lowest BCUT2D eigenvalue weighted by molar-refractivity contribution is -0.119. The monoisotopic (exact) mass is 340 g/mol. The lowest BCUT2D eigenvalue weighted by Crippen LogP contribution is -2.21. The summed E-state index contributed by atoms with van der Waals surface area (Å²) in [7, 11) is 2.99. The van der Waals surface area contributed by atoms with Crippen LogP contribution < -0.4 is 14.8 Å². The number of hydrogen-bond donors (Lipinski definition) is 1. The third-order valence-electron chi connectivity index (χ3n) is 3.27. The van der Waals surface area contributed by atoms with E-state index in [0.29, 0.717) is 22.7 Å². The molecule has 2 rings (SSSR count). The average molecular weight is 340 g/mol. The van der Waals surface area contributed by atoms with Crippen LogP contribution in [0.2, 0.25) is 0 Å². The molecular weight excluding hydrogens is 324 g/mol. The third kappa shape index (κ3) is 4.72. The molecule has 2 aromatic carbocycles. The number of ether oxygens (including phenoxy) is 3. The molecule has 0 saturated heterocycles. The number of carbonyl (C=O) groups is 2. The van der Waals surface area contributed by atoms with Crippen molar-refractivity contribution in [3.05, 3.63) is 53.6 Å². The molecule has 1 N–H and O–H groups in total. The Morgan fingerprint density at radius 3 is 2.40 bits per heavy atom. The molecule has 0 aliphatic heterocycles. The van der Waals surface area contributed by atoms with Crippen LogP contribution in [0.15, 0.2) is 42.5 Å². The molecule has 0 aliphatic rings. The van der Waals surface area contributed by atoms with E-state index in [0.717, 1.165) is 0 Å². The fraction of sp³-hybridized carbons (Fsp3) is 0.167. The van der Waals surface area contributed by atoms with Crippen LogP contribution in [0.3, 0.4) is 0 Å². The maximum absolute atomic E-state index is 12.0. The van der Waals surface area contributed by atoms with Gasteiger partial charge in [-0.2, -0.15) is 5.26 Å². The van der Waals surface area contributed by atoms with Crippen LogP contribution in [0.1, 0.15) is 15.9 Å². The van der Waals surface area contributed by atoms with Gasteiger partial charge in [0.15, 0.2) is 6.61 Å². The first-order chi connectivity index (χ1) is 12.1. The fourth-order valence-corrected chi connectivity index (χ4v) is 1.98. The molecule has 0 aliphatic carbocycles. The molecular formula is C18H16N2O5. The summed E-state index contributed by atoms with van der Waals surface area (Å²) in [6.45, 7) is -0.450. The van der Waals surface area contributed by atoms with Gasteiger partial charge < -0.3 is 19.5 Å². The minimum Gasteiger partial charge on any atom is -0.497 e. The first-order valence-electron chi connectivity index (χ1n) is 7.26. The number of nitrogens with one attached hydrogen (secondary N) is 1. The number of methoxy groups -OCH3 is 2. The van der Waals surface area contributed by atoms with Gasteiger partial charge in [-0.25, -0.2) is 4.79 Å². The van der Waals surface area contributed by atoms with Crippen LogP contribution in [0.5, 0.6) is 11.5 Å². The Morgan fingerprint density at radius 1 is 1.08 bits per heavy atom. The predicted molar refractivity (Wildman–Crippen MR) is 89.6 cm³/mol. The zero-order valence-electron chi connectivity index (χ0n) is 13.7. The van der Waals surface area contributed by atoms with Gasteiger partial charge in [-0.15, -0.1) is 0 Å². The number of rotatable bonds is 6. The van der Waals surface area contributed by atoms with Gasteiger partial charge in [-0.3, -0.25) is 4.79 Å². The first-order valence-corrected chi connectivity index (χ1v) is 7.26. The minimum absolute atomic E-state index is 0.258. The van der Waals surface area contributed by atoms with E-state index in [1.807, 2.05) is 6.07 Å². The van der Waals surface area contributed by atoms with Gasteiger partial charge in [0, 0.05) is 6.07 Å². The van der Waals surface area contributed by atoms with Crippen molar-refractivity contribution in [3.63, 3.8) is 0 Å². The molecule has 0 spiro atoms. The second-order valence-electron chi connectivity index (χ2n) is 4.88. The highest BCUT2D eigenvalue weighted by molar-refractivity contribution is 5.96. The van der Waals surface area contributed by atoms with Crippen molar-refractivity contribution in [2.45, 2.75) is 0 Å². The Kier molecular flexibility index (Phi) is 5.96. The maximum Gasteiger partial charge on any atom is 0.338 e. The Labute approximate surface area is 144 Å². The van der Waals surface area contributed by atoms with E-state index >= 15 is 0 Å². The van der Waals surface area contributed by atoms with Gasteiger partial charge in [-0.05, 0) is 36.4 Å². The molecule has 0 atom stereocenters. The van der Waals surface area contributed by atoms with Crippen molar-refractivity contribution in [2.24, 2.45) is 0 Å². The standard InChI is InChI=1S/C18H16N2O5/c1-23-14-7-8-15(16(9-14)24-2)20-17(21)11-25-18(22)13-5-3-12(10-19)4-6-13/h3-9H,11H2,1-2H3,(H,20,21). The van der Waals surface area contributed by atoms with Gasteiger partial charge in [-0.1, -0.05) is 0 Å². The number of nitrogens with zero attached hydrogens (tertiary/aromatic N) is 1. The Hall–Kier alpha value is -3.53. The quantitative estimate of drug-likeness (QED) is 0.811. The number of benzene rings is 2. The minimum atomic E-state index is -0.652. The third-order valence-corrected chi connectivity index (χ3v) is 3.27. The average Bonchev–Trinajstić information content (AvgIpc) is 2.66. The van der Waals surface area contributed by atoms with Gasteiger partial charge >= 0.3 is 5.97 Å². The molecule has 0 radical (unpaired) electrons. The normalized spacial score (nSPS) is 9.64. The predicted octanol–water partition coefficient (Wildman–Crippen LogP) is 2.37. The van der Waals surface area contributed by atoms with Crippen LogP contribution in [0, 0.1) is 11.3 Å². The Morgan fingerprint density at radius 2 is 1.80 bits per heavy atom. The zero-order valence-corrected chi connectivity index (χ0v) is 13.7. The second-order valence-corrected chi connectivity index (χ2v) is 4.88. The van der Waals surface area contributed by atoms with Gasteiger partial charge in [0.25, 0.3) is 5.91 Å². The van der Waals surface area contributed by atoms with Crippen molar-refractivity contribution < 1.29 is 23.8 Å². The molecule has 0 bridgehead atoms. The number of hydrogen-bond acceptors (Lipinski definition) is 6. The molecule has 0 aromatic heterocycles. The van der Waals surface area contributed by atoms with Crippen molar-refractivity contribution in [1.82, 2.24) is 0 Å². The number of carbonyl (C=O) groups excluding carboxylic acids is 2. The van der Waals surface area contributed by atoms with E-state index in [9.17, 15) is 9.59 Å². The summed E-state index contributed by atoms with van der Waals surface area (Å²) in [6.07, 6.45) is 0. The van der Waals surface area contributed by atoms with Crippen LogP contribution in [-0.4, -0.2) is 32.7 Å². The molecule has 7 nitrogen and oxygen atoms in total. The number of anilines is 1. The number of esters is 1. The Bertz CT molecular complexity index is 809. The lowest BCUT2D eigenvalue weighted by atomic mass is 10.1. The van der Waals surface area contributed by atoms with E-state index in [1.54, 1.807) is 18.2 Å². The summed E-state index contributed by atoms with van der Waals surface area (Å²) in [4.78, 5) is 23.8. The van der Waals surface area contributed by atoms with E-state index < -0.39 is 18.5 Å². The highest BCUT2D eigenvalue weighted by atomic mass is 16.5. The molecule has 0 saturated carbocycles. The summed E-state index contributed by atoms with van der Waals surface area (Å²) in [6, 6.07) is 12.8. The molecule has 7 heteroatoms. The molecule has 2 aromatic rings. The summed E-state index contributed by atoms with van der Waals surface area (Å²) < 4.78 is 15.2. The summed E-state index contributed by atoms with van der Waals surface area (Å²) in [5, 5.41) is 11.3. The molecule has 25 heavy (non-hydrogen) atoms. The Balaban J connectivity index is 1.94. The highest BCUT2D eigenvalue weighted by Crippen LogP contribution is 2.28. The molecule has 128 valence electrons. The molecule has 0 heterocycles. The zero-order chi connectivity index (χ0) is 18.2. The van der Waals surface area contributed by atoms with Gasteiger partial charge in [0.1, 0.15) is 11.5 Å². The van der Waals surface area contributed by atoms with E-state index in [-0.39, 0.29) is 5.56 Å². The second kappa shape index (κ2) is 8.36. The topological polar surface area (TPSA) is 97.6 Å². The first kappa shape index (κ1) is 17.8. The molecule has 0 fully saturated rings. The van der Waals surface area contributed by atoms with Crippen molar-refractivity contribution in [1.29, 1.82) is 5.26 Å². The van der Waals surface area contributed by atoms with Gasteiger partial charge in [0.05, 0.1) is 37.1 Å².